The van der Waals surface area contributed by atoms with Gasteiger partial charge in [0.2, 0.25) is 0 Å². The van der Waals surface area contributed by atoms with Gasteiger partial charge in [0.15, 0.2) is 0 Å². The standard InChI is InChI=1S/C23H16F2IN/c1-14(19-12-22(26)21(25)13-20(19)24)18(8-6-15-4-5-15)16-7-9-23-17(11-16)3-2-10-27-23/h2-13,15H,1H3/b8-6-,18-14-. The highest BCUT2D eigenvalue weighted by atomic mass is 127. The Labute approximate surface area is 170 Å². The van der Waals surface area contributed by atoms with Crippen molar-refractivity contribution in [2.45, 2.75) is 6.92 Å². The predicted molar refractivity (Wildman–Crippen MR) is 115 cm³/mol. The second-order valence-corrected chi connectivity index (χ2v) is 7.68. The predicted octanol–water partition coefficient (Wildman–Crippen LogP) is 6.79. The summed E-state index contributed by atoms with van der Waals surface area (Å²) in [6, 6.07) is 12.4. The molecule has 1 nitrogen and oxygen atoms in total. The van der Waals surface area contributed by atoms with Crippen LogP contribution in [0, 0.1) is 21.1 Å². The van der Waals surface area contributed by atoms with Gasteiger partial charge in [-0.2, -0.15) is 0 Å². The molecule has 0 saturated heterocycles. The van der Waals surface area contributed by atoms with Gasteiger partial charge in [-0.25, -0.2) is 8.78 Å². The average molecular weight is 471 g/mol. The maximum absolute atomic E-state index is 14.5. The molecule has 0 atom stereocenters. The Morgan fingerprint density at radius 2 is 1.89 bits per heavy atom. The SMILES string of the molecule is C/C(=C(\C=C/C1C=C1)c1ccc2ncccc2c1)c1cc(I)c(F)cc1F. The quantitative estimate of drug-likeness (QED) is 0.134. The van der Waals surface area contributed by atoms with Crippen LogP contribution in [-0.2, 0) is 0 Å². The number of rotatable bonds is 4. The number of hydrogen-bond donors (Lipinski definition) is 0. The summed E-state index contributed by atoms with van der Waals surface area (Å²) in [4.78, 5) is 4.36. The minimum Gasteiger partial charge on any atom is -0.256 e. The summed E-state index contributed by atoms with van der Waals surface area (Å²) < 4.78 is 28.6. The van der Waals surface area contributed by atoms with E-state index in [1.807, 2.05) is 59.9 Å². The first kappa shape index (κ1) is 18.0. The van der Waals surface area contributed by atoms with Crippen molar-refractivity contribution in [3.8, 4) is 0 Å². The van der Waals surface area contributed by atoms with Crippen molar-refractivity contribution in [3.63, 3.8) is 0 Å². The molecular weight excluding hydrogens is 455 g/mol. The molecule has 3 aromatic rings. The lowest BCUT2D eigenvalue weighted by molar-refractivity contribution is 0.576. The van der Waals surface area contributed by atoms with E-state index in [9.17, 15) is 8.78 Å². The fourth-order valence-corrected chi connectivity index (χ4v) is 3.50. The van der Waals surface area contributed by atoms with Gasteiger partial charge in [0.05, 0.1) is 5.52 Å². The van der Waals surface area contributed by atoms with Crippen LogP contribution >= 0.6 is 22.6 Å². The lowest BCUT2D eigenvalue weighted by atomic mass is 9.93. The third-order valence-corrected chi connectivity index (χ3v) is 5.46. The van der Waals surface area contributed by atoms with E-state index >= 15 is 0 Å². The maximum atomic E-state index is 14.5. The summed E-state index contributed by atoms with van der Waals surface area (Å²) >= 11 is 1.89. The Kier molecular flexibility index (Phi) is 4.91. The van der Waals surface area contributed by atoms with E-state index in [0.29, 0.717) is 15.1 Å². The van der Waals surface area contributed by atoms with Crippen LogP contribution in [0.4, 0.5) is 8.78 Å². The Bertz CT molecular complexity index is 1120. The lowest BCUT2D eigenvalue weighted by Gasteiger charge is -2.12. The van der Waals surface area contributed by atoms with E-state index in [2.05, 4.69) is 29.3 Å². The number of benzene rings is 2. The average Bonchev–Trinajstić information content (AvgIpc) is 3.49. The molecule has 4 heteroatoms. The first-order valence-electron chi connectivity index (χ1n) is 8.60. The summed E-state index contributed by atoms with van der Waals surface area (Å²) in [5.41, 5.74) is 3.98. The number of nitrogens with zero attached hydrogens (tertiary/aromatic N) is 1. The van der Waals surface area contributed by atoms with Crippen LogP contribution < -0.4 is 0 Å². The van der Waals surface area contributed by atoms with Crippen LogP contribution in [0.1, 0.15) is 18.1 Å². The molecule has 0 saturated carbocycles. The van der Waals surface area contributed by atoms with Gasteiger partial charge in [0.25, 0.3) is 0 Å². The Hall–Kier alpha value is -2.34. The number of allylic oxidation sites excluding steroid dienone is 6. The van der Waals surface area contributed by atoms with Crippen molar-refractivity contribution >= 4 is 44.6 Å². The van der Waals surface area contributed by atoms with E-state index in [-0.39, 0.29) is 0 Å². The van der Waals surface area contributed by atoms with E-state index in [4.69, 9.17) is 0 Å². The number of hydrogen-bond acceptors (Lipinski definition) is 1. The molecular formula is C23H16F2IN. The topological polar surface area (TPSA) is 12.9 Å². The van der Waals surface area contributed by atoms with Crippen LogP contribution in [0.2, 0.25) is 0 Å². The minimum atomic E-state index is -0.552. The number of halogens is 3. The monoisotopic (exact) mass is 471 g/mol. The van der Waals surface area contributed by atoms with Gasteiger partial charge in [-0.1, -0.05) is 36.4 Å². The molecule has 27 heavy (non-hydrogen) atoms. The molecule has 0 radical (unpaired) electrons. The lowest BCUT2D eigenvalue weighted by Crippen LogP contribution is -1.95. The molecule has 1 aliphatic carbocycles. The molecule has 0 bridgehead atoms. The zero-order valence-electron chi connectivity index (χ0n) is 14.6. The van der Waals surface area contributed by atoms with Crippen molar-refractivity contribution in [2.75, 3.05) is 0 Å². The van der Waals surface area contributed by atoms with E-state index in [1.165, 1.54) is 0 Å². The number of fused-ring (bicyclic) bond motifs is 1. The molecule has 1 heterocycles. The molecule has 0 N–H and O–H groups in total. The van der Waals surface area contributed by atoms with E-state index < -0.39 is 11.6 Å². The summed E-state index contributed by atoms with van der Waals surface area (Å²) in [5.74, 6) is -0.739. The first-order chi connectivity index (χ1) is 13.0. The van der Waals surface area contributed by atoms with Crippen LogP contribution in [0.25, 0.3) is 22.0 Å². The smallest absolute Gasteiger partial charge is 0.139 e. The molecule has 2 aromatic carbocycles. The second kappa shape index (κ2) is 7.35. The molecule has 4 rings (SSSR count). The Morgan fingerprint density at radius 1 is 1.07 bits per heavy atom. The zero-order valence-corrected chi connectivity index (χ0v) is 16.7. The molecule has 0 unspecified atom stereocenters. The van der Waals surface area contributed by atoms with Crippen LogP contribution in [-0.4, -0.2) is 4.98 Å². The molecule has 0 aliphatic heterocycles. The second-order valence-electron chi connectivity index (χ2n) is 6.52. The molecule has 0 amide bonds. The van der Waals surface area contributed by atoms with Crippen molar-refractivity contribution in [1.29, 1.82) is 0 Å². The van der Waals surface area contributed by atoms with Gasteiger partial charge in [-0.15, -0.1) is 0 Å². The maximum Gasteiger partial charge on any atom is 0.139 e. The van der Waals surface area contributed by atoms with Gasteiger partial charge in [-0.3, -0.25) is 4.98 Å². The minimum absolute atomic E-state index is 0.355. The Balaban J connectivity index is 1.89. The third-order valence-electron chi connectivity index (χ3n) is 4.63. The summed E-state index contributed by atoms with van der Waals surface area (Å²) in [7, 11) is 0. The third kappa shape index (κ3) is 3.86. The molecule has 1 aromatic heterocycles. The Morgan fingerprint density at radius 3 is 2.67 bits per heavy atom. The van der Waals surface area contributed by atoms with Gasteiger partial charge in [-0.05, 0) is 70.5 Å². The van der Waals surface area contributed by atoms with E-state index in [0.717, 1.165) is 33.7 Å². The molecule has 1 aliphatic rings. The first-order valence-corrected chi connectivity index (χ1v) is 9.68. The van der Waals surface area contributed by atoms with Crippen molar-refractivity contribution in [1.82, 2.24) is 4.98 Å². The van der Waals surface area contributed by atoms with E-state index in [1.54, 1.807) is 12.3 Å². The largest absolute Gasteiger partial charge is 0.256 e. The normalized spacial score (nSPS) is 14.8. The fraction of sp³-hybridized carbons (Fsp3) is 0.0870. The summed E-state index contributed by atoms with van der Waals surface area (Å²) in [6.07, 6.45) is 10.1. The number of pyridine rings is 1. The highest BCUT2D eigenvalue weighted by molar-refractivity contribution is 14.1. The number of aromatic nitrogens is 1. The highest BCUT2D eigenvalue weighted by Crippen LogP contribution is 2.33. The molecule has 0 spiro atoms. The summed E-state index contributed by atoms with van der Waals surface area (Å²) in [5, 5.41) is 1.02. The highest BCUT2D eigenvalue weighted by Gasteiger charge is 2.14. The fourth-order valence-electron chi connectivity index (χ4n) is 3.04. The van der Waals surface area contributed by atoms with Gasteiger partial charge >= 0.3 is 0 Å². The molecule has 0 fully saturated rings. The zero-order chi connectivity index (χ0) is 19.0. The molecule has 134 valence electrons. The van der Waals surface area contributed by atoms with Crippen LogP contribution in [0.3, 0.4) is 0 Å². The van der Waals surface area contributed by atoms with Crippen LogP contribution in [0.5, 0.6) is 0 Å². The van der Waals surface area contributed by atoms with Crippen molar-refractivity contribution in [2.24, 2.45) is 5.92 Å². The summed E-state index contributed by atoms with van der Waals surface area (Å²) in [6.45, 7) is 1.87. The van der Waals surface area contributed by atoms with Gasteiger partial charge in [0.1, 0.15) is 11.6 Å². The van der Waals surface area contributed by atoms with Crippen LogP contribution in [0.15, 0.2) is 73.0 Å². The van der Waals surface area contributed by atoms with Gasteiger partial charge < -0.3 is 0 Å². The van der Waals surface area contributed by atoms with Crippen molar-refractivity contribution in [3.05, 3.63) is 99.3 Å². The van der Waals surface area contributed by atoms with Gasteiger partial charge in [0, 0.05) is 32.7 Å². The van der Waals surface area contributed by atoms with Crippen molar-refractivity contribution < 1.29 is 8.78 Å².